The van der Waals surface area contributed by atoms with Crippen LogP contribution in [0.1, 0.15) is 44.9 Å². The summed E-state index contributed by atoms with van der Waals surface area (Å²) in [6.07, 6.45) is 0. The smallest absolute Gasteiger partial charge is 0.338 e. The zero-order chi connectivity index (χ0) is 20.0. The van der Waals surface area contributed by atoms with Crippen molar-refractivity contribution in [1.82, 2.24) is 10.6 Å². The van der Waals surface area contributed by atoms with Crippen LogP contribution in [0.25, 0.3) is 0 Å². The lowest BCUT2D eigenvalue weighted by atomic mass is 9.94. The minimum atomic E-state index is -0.561. The van der Waals surface area contributed by atoms with Gasteiger partial charge in [0.25, 0.3) is 0 Å². The largest absolute Gasteiger partial charge is 0.496 e. The molecule has 148 valence electrons. The van der Waals surface area contributed by atoms with E-state index in [2.05, 4.69) is 24.5 Å². The van der Waals surface area contributed by atoms with Gasteiger partial charge >= 0.3 is 12.0 Å². The Hall–Kier alpha value is -2.54. The molecule has 1 aromatic carbocycles. The predicted octanol–water partition coefficient (Wildman–Crippen LogP) is 1.31. The fraction of sp³-hybridized carbons (Fsp3) is 0.500. The number of urea groups is 1. The Bertz CT molecular complexity index is 726. The average molecular weight is 376 g/mol. The number of quaternary nitrogens is 1. The Labute approximate surface area is 160 Å². The first kappa shape index (κ1) is 20.8. The molecule has 0 aliphatic carbocycles. The highest BCUT2D eigenvalue weighted by molar-refractivity contribution is 5.95. The van der Waals surface area contributed by atoms with E-state index in [1.165, 1.54) is 4.90 Å². The number of esters is 1. The van der Waals surface area contributed by atoms with Gasteiger partial charge in [0.15, 0.2) is 0 Å². The quantitative estimate of drug-likeness (QED) is 0.598. The molecule has 27 heavy (non-hydrogen) atoms. The number of rotatable bonds is 8. The van der Waals surface area contributed by atoms with Gasteiger partial charge in [-0.05, 0) is 45.4 Å². The SMILES string of the molecule is CCOC(=O)C1=C(C)NC(=O)N[C@@H]1c1ccc(OC)c(C[NH+](CC)CC)c1. The summed E-state index contributed by atoms with van der Waals surface area (Å²) in [6.45, 7) is 10.8. The molecule has 2 rings (SSSR count). The summed E-state index contributed by atoms with van der Waals surface area (Å²) in [5, 5.41) is 5.50. The highest BCUT2D eigenvalue weighted by Gasteiger charge is 2.32. The zero-order valence-corrected chi connectivity index (χ0v) is 16.8. The van der Waals surface area contributed by atoms with Crippen molar-refractivity contribution in [3.8, 4) is 5.75 Å². The Morgan fingerprint density at radius 1 is 1.22 bits per heavy atom. The molecule has 0 saturated carbocycles. The first-order valence-corrected chi connectivity index (χ1v) is 9.40. The summed E-state index contributed by atoms with van der Waals surface area (Å²) in [5.41, 5.74) is 2.80. The molecule has 7 heteroatoms. The molecule has 0 saturated heterocycles. The number of amides is 2. The Morgan fingerprint density at radius 2 is 1.93 bits per heavy atom. The molecule has 0 aromatic heterocycles. The van der Waals surface area contributed by atoms with Crippen LogP contribution in [-0.2, 0) is 16.1 Å². The van der Waals surface area contributed by atoms with Crippen LogP contribution < -0.4 is 20.3 Å². The number of allylic oxidation sites excluding steroid dienone is 1. The van der Waals surface area contributed by atoms with Crippen LogP contribution in [0, 0.1) is 0 Å². The first-order valence-electron chi connectivity index (χ1n) is 9.40. The van der Waals surface area contributed by atoms with E-state index in [1.807, 2.05) is 18.2 Å². The number of hydrogen-bond acceptors (Lipinski definition) is 4. The average Bonchev–Trinajstić information content (AvgIpc) is 2.65. The monoisotopic (exact) mass is 376 g/mol. The summed E-state index contributed by atoms with van der Waals surface area (Å²) >= 11 is 0. The number of carbonyl (C=O) groups is 2. The third-order valence-corrected chi connectivity index (χ3v) is 4.84. The van der Waals surface area contributed by atoms with Crippen LogP contribution in [0.2, 0.25) is 0 Å². The lowest BCUT2D eigenvalue weighted by Gasteiger charge is -2.28. The van der Waals surface area contributed by atoms with Gasteiger partial charge in [-0.2, -0.15) is 0 Å². The molecule has 1 aromatic rings. The van der Waals surface area contributed by atoms with Gasteiger partial charge in [0.2, 0.25) is 0 Å². The van der Waals surface area contributed by atoms with E-state index >= 15 is 0 Å². The van der Waals surface area contributed by atoms with Gasteiger partial charge < -0.3 is 25.0 Å². The van der Waals surface area contributed by atoms with Crippen molar-refractivity contribution < 1.29 is 24.0 Å². The molecule has 0 unspecified atom stereocenters. The maximum absolute atomic E-state index is 12.5. The summed E-state index contributed by atoms with van der Waals surface area (Å²) in [7, 11) is 1.65. The molecular weight excluding hydrogens is 346 g/mol. The van der Waals surface area contributed by atoms with Gasteiger partial charge in [-0.1, -0.05) is 6.07 Å². The van der Waals surface area contributed by atoms with Crippen LogP contribution >= 0.6 is 0 Å². The van der Waals surface area contributed by atoms with Crippen LogP contribution in [0.5, 0.6) is 5.75 Å². The highest BCUT2D eigenvalue weighted by atomic mass is 16.5. The van der Waals surface area contributed by atoms with Gasteiger partial charge in [0.1, 0.15) is 12.3 Å². The standard InChI is InChI=1S/C20H29N3O4/c1-6-23(7-2)12-15-11-14(9-10-16(15)26-5)18-17(19(24)27-8-3)13(4)21-20(25)22-18/h9-11,18H,6-8,12H2,1-5H3,(H2,21,22,25)/p+1/t18-/m1/s1. The molecule has 1 aliphatic rings. The van der Waals surface area contributed by atoms with Gasteiger partial charge in [0, 0.05) is 11.3 Å². The second-order valence-electron chi connectivity index (χ2n) is 6.50. The van der Waals surface area contributed by atoms with Gasteiger partial charge in [-0.3, -0.25) is 0 Å². The summed E-state index contributed by atoms with van der Waals surface area (Å²) in [5.74, 6) is 0.371. The predicted molar refractivity (Wildman–Crippen MR) is 102 cm³/mol. The maximum atomic E-state index is 12.5. The molecule has 7 nitrogen and oxygen atoms in total. The minimum absolute atomic E-state index is 0.273. The Kier molecular flexibility index (Phi) is 7.24. The van der Waals surface area contributed by atoms with Crippen molar-refractivity contribution in [2.45, 2.75) is 40.3 Å². The normalized spacial score (nSPS) is 16.8. The molecular formula is C20H30N3O4+. The van der Waals surface area contributed by atoms with E-state index in [9.17, 15) is 9.59 Å². The van der Waals surface area contributed by atoms with Crippen molar-refractivity contribution in [3.63, 3.8) is 0 Å². The van der Waals surface area contributed by atoms with E-state index in [0.717, 1.165) is 36.5 Å². The first-order chi connectivity index (χ1) is 12.9. The number of nitrogens with one attached hydrogen (secondary N) is 3. The molecule has 1 atom stereocenters. The zero-order valence-electron chi connectivity index (χ0n) is 16.8. The van der Waals surface area contributed by atoms with Crippen LogP contribution in [0.3, 0.4) is 0 Å². The third-order valence-electron chi connectivity index (χ3n) is 4.84. The van der Waals surface area contributed by atoms with Crippen molar-refractivity contribution in [2.24, 2.45) is 0 Å². The van der Waals surface area contributed by atoms with E-state index in [0.29, 0.717) is 11.3 Å². The molecule has 0 spiro atoms. The molecule has 1 aliphatic heterocycles. The van der Waals surface area contributed by atoms with Crippen molar-refractivity contribution in [2.75, 3.05) is 26.8 Å². The van der Waals surface area contributed by atoms with E-state index in [-0.39, 0.29) is 12.6 Å². The molecule has 0 fully saturated rings. The third kappa shape index (κ3) is 4.80. The van der Waals surface area contributed by atoms with Crippen LogP contribution in [0.15, 0.2) is 29.5 Å². The van der Waals surface area contributed by atoms with Crippen molar-refractivity contribution in [1.29, 1.82) is 0 Å². The summed E-state index contributed by atoms with van der Waals surface area (Å²) in [6, 6.07) is 4.88. The van der Waals surface area contributed by atoms with Gasteiger partial charge in [0.05, 0.1) is 38.4 Å². The van der Waals surface area contributed by atoms with E-state index < -0.39 is 12.0 Å². The molecule has 0 radical (unpaired) electrons. The Balaban J connectivity index is 2.46. The van der Waals surface area contributed by atoms with Gasteiger partial charge in [-0.15, -0.1) is 0 Å². The number of benzene rings is 1. The molecule has 1 heterocycles. The highest BCUT2D eigenvalue weighted by Crippen LogP contribution is 2.30. The number of carbonyl (C=O) groups excluding carboxylic acids is 2. The molecule has 2 amide bonds. The van der Waals surface area contributed by atoms with Crippen molar-refractivity contribution >= 4 is 12.0 Å². The number of ether oxygens (including phenoxy) is 2. The van der Waals surface area contributed by atoms with E-state index in [1.54, 1.807) is 21.0 Å². The fourth-order valence-corrected chi connectivity index (χ4v) is 3.31. The topological polar surface area (TPSA) is 81.1 Å². The summed E-state index contributed by atoms with van der Waals surface area (Å²) in [4.78, 5) is 25.9. The fourth-order valence-electron chi connectivity index (χ4n) is 3.31. The molecule has 3 N–H and O–H groups in total. The minimum Gasteiger partial charge on any atom is -0.496 e. The lowest BCUT2D eigenvalue weighted by Crippen LogP contribution is -3.10. The maximum Gasteiger partial charge on any atom is 0.338 e. The second kappa shape index (κ2) is 9.41. The van der Waals surface area contributed by atoms with Crippen molar-refractivity contribution in [3.05, 3.63) is 40.6 Å². The van der Waals surface area contributed by atoms with E-state index in [4.69, 9.17) is 9.47 Å². The molecule has 0 bridgehead atoms. The van der Waals surface area contributed by atoms with Gasteiger partial charge in [-0.25, -0.2) is 9.59 Å². The van der Waals surface area contributed by atoms with Crippen LogP contribution in [0.4, 0.5) is 4.79 Å². The number of hydrogen-bond donors (Lipinski definition) is 3. The second-order valence-corrected chi connectivity index (χ2v) is 6.50. The van der Waals surface area contributed by atoms with Crippen LogP contribution in [-0.4, -0.2) is 38.8 Å². The number of methoxy groups -OCH3 is 1. The Morgan fingerprint density at radius 3 is 2.52 bits per heavy atom. The lowest BCUT2D eigenvalue weighted by molar-refractivity contribution is -0.910. The summed E-state index contributed by atoms with van der Waals surface area (Å²) < 4.78 is 10.7.